The zero-order chi connectivity index (χ0) is 36.3. The van der Waals surface area contributed by atoms with Gasteiger partial charge in [-0.3, -0.25) is 9.59 Å². The van der Waals surface area contributed by atoms with Crippen molar-refractivity contribution in [2.24, 2.45) is 23.7 Å². The van der Waals surface area contributed by atoms with Crippen molar-refractivity contribution in [1.82, 2.24) is 0 Å². The number of fused-ring (bicyclic) bond motifs is 4. The van der Waals surface area contributed by atoms with Gasteiger partial charge in [-0.1, -0.05) is 68.3 Å². The van der Waals surface area contributed by atoms with Crippen molar-refractivity contribution in [3.8, 4) is 5.75 Å². The van der Waals surface area contributed by atoms with E-state index in [2.05, 4.69) is 6.08 Å². The van der Waals surface area contributed by atoms with E-state index in [0.717, 1.165) is 27.7 Å². The number of aromatic hydroxyl groups is 1. The van der Waals surface area contributed by atoms with E-state index in [1.807, 2.05) is 51.1 Å². The Balaban J connectivity index is 1.33. The van der Waals surface area contributed by atoms with Crippen LogP contribution in [0.3, 0.4) is 0 Å². The number of benzene rings is 3. The van der Waals surface area contributed by atoms with Gasteiger partial charge in [0.05, 0.1) is 34.8 Å². The first-order chi connectivity index (χ1) is 23.5. The third kappa shape index (κ3) is 6.57. The van der Waals surface area contributed by atoms with E-state index in [1.165, 1.54) is 0 Å². The van der Waals surface area contributed by atoms with E-state index < -0.39 is 72.0 Å². The molecule has 264 valence electrons. The largest absolute Gasteiger partial charge is 0.507 e. The second-order valence-electron chi connectivity index (χ2n) is 13.6. The fourth-order valence-corrected chi connectivity index (χ4v) is 7.89. The van der Waals surface area contributed by atoms with Crippen LogP contribution in [-0.4, -0.2) is 35.2 Å². The van der Waals surface area contributed by atoms with Gasteiger partial charge in [0.15, 0.2) is 0 Å². The second kappa shape index (κ2) is 13.2. The number of nitrogens with zero attached hydrogens (tertiary/aromatic N) is 1. The summed E-state index contributed by atoms with van der Waals surface area (Å²) in [7, 11) is -1.31. The molecule has 2 amide bonds. The molecule has 3 aromatic rings. The maximum absolute atomic E-state index is 14.0. The number of allylic oxidation sites excluding steroid dienone is 2. The summed E-state index contributed by atoms with van der Waals surface area (Å²) in [6.45, 7) is 5.83. The average Bonchev–Trinajstić information content (AvgIpc) is 3.31. The quantitative estimate of drug-likeness (QED) is 0.111. The number of amides is 2. The molecule has 3 aromatic carbocycles. The van der Waals surface area contributed by atoms with Gasteiger partial charge in [0.2, 0.25) is 11.8 Å². The fourth-order valence-electron chi connectivity index (χ4n) is 7.89. The molecular weight excluding hydrogens is 663 g/mol. The van der Waals surface area contributed by atoms with Crippen molar-refractivity contribution in [1.29, 1.82) is 0 Å². The average molecular weight is 699 g/mol. The molecule has 1 aliphatic carbocycles. The number of imide groups is 1. The van der Waals surface area contributed by atoms with Crippen LogP contribution in [0.15, 0.2) is 71.3 Å². The van der Waals surface area contributed by atoms with E-state index in [-0.39, 0.29) is 30.5 Å². The zero-order valence-electron chi connectivity index (χ0n) is 27.6. The maximum atomic E-state index is 14.0. The topological polar surface area (TPSA) is 87.1 Å². The number of carbonyl (C=O) groups is 2. The Morgan fingerprint density at radius 2 is 1.60 bits per heavy atom. The van der Waals surface area contributed by atoms with E-state index in [4.69, 9.17) is 4.65 Å². The summed E-state index contributed by atoms with van der Waals surface area (Å²) in [6.07, 6.45) is -7.23. The fraction of sp³-hybridized carbons (Fsp3) is 0.405. The number of carbonyl (C=O) groups excluding carboxylic acids is 2. The summed E-state index contributed by atoms with van der Waals surface area (Å²) < 4.78 is 88.3. The lowest BCUT2D eigenvalue weighted by atomic mass is 9.57. The van der Waals surface area contributed by atoms with Crippen LogP contribution in [-0.2, 0) is 26.6 Å². The molecular formula is C37H36BF6NO5. The van der Waals surface area contributed by atoms with Crippen molar-refractivity contribution in [2.45, 2.75) is 71.2 Å². The number of halogens is 6. The van der Waals surface area contributed by atoms with Crippen LogP contribution < -0.4 is 4.90 Å². The van der Waals surface area contributed by atoms with Gasteiger partial charge < -0.3 is 14.8 Å². The van der Waals surface area contributed by atoms with Crippen LogP contribution in [0.4, 0.5) is 32.0 Å². The van der Waals surface area contributed by atoms with Crippen LogP contribution in [0.25, 0.3) is 16.8 Å². The third-order valence-electron chi connectivity index (χ3n) is 10.2. The molecule has 2 aliphatic heterocycles. The number of phenols is 1. The van der Waals surface area contributed by atoms with Crippen molar-refractivity contribution >= 4 is 41.5 Å². The van der Waals surface area contributed by atoms with Gasteiger partial charge in [-0.25, -0.2) is 4.90 Å². The van der Waals surface area contributed by atoms with E-state index in [0.29, 0.717) is 41.7 Å². The highest BCUT2D eigenvalue weighted by atomic mass is 19.4. The molecule has 0 saturated carbocycles. The Labute approximate surface area is 285 Å². The number of hydrogen-bond donors (Lipinski definition) is 2. The maximum Gasteiger partial charge on any atom is 0.455 e. The molecule has 0 aromatic heterocycles. The molecule has 6 rings (SSSR count). The summed E-state index contributed by atoms with van der Waals surface area (Å²) in [6, 6.07) is 11.7. The Morgan fingerprint density at radius 1 is 0.960 bits per heavy atom. The predicted molar refractivity (Wildman–Crippen MR) is 177 cm³/mol. The number of alkyl halides is 6. The smallest absolute Gasteiger partial charge is 0.455 e. The molecule has 50 heavy (non-hydrogen) atoms. The minimum absolute atomic E-state index is 0.0410. The van der Waals surface area contributed by atoms with Gasteiger partial charge in [-0.05, 0) is 84.6 Å². The van der Waals surface area contributed by atoms with Crippen LogP contribution in [0.5, 0.6) is 5.75 Å². The lowest BCUT2D eigenvalue weighted by Crippen LogP contribution is -2.46. The minimum atomic E-state index is -5.16. The lowest BCUT2D eigenvalue weighted by Gasteiger charge is -2.44. The predicted octanol–water partition coefficient (Wildman–Crippen LogP) is 8.81. The zero-order valence-corrected chi connectivity index (χ0v) is 27.6. The van der Waals surface area contributed by atoms with Crippen LogP contribution in [0, 0.1) is 23.7 Å². The standard InChI is InChI=1S/C37H36BF6NO5/c1-4-20(13-21-10-11-30(46)26-8-6-5-7-25(21)26)9-12-31-32-27(19(2)3)17-28-33(29(32)18-38(49)50-31)35(48)45(34(28)47)24-15-22(36(39,40)41)14-23(16-24)37(42,43)44/h5-8,10-11,13-16,19,28-29,31,33,46,49H,4,9,12,17-18H2,1-3H3/b20-13+/t28-,29+,31-,33-/m1/s1. The molecule has 0 unspecified atom stereocenters. The number of phenolic OH excluding ortho intramolecular Hbond substituents is 1. The highest BCUT2D eigenvalue weighted by molar-refractivity contribution is 6.43. The molecule has 0 bridgehead atoms. The molecule has 6 nitrogen and oxygen atoms in total. The van der Waals surface area contributed by atoms with E-state index in [1.54, 1.807) is 6.07 Å². The Morgan fingerprint density at radius 3 is 2.20 bits per heavy atom. The number of hydrogen-bond acceptors (Lipinski definition) is 5. The Bertz CT molecular complexity index is 1870. The van der Waals surface area contributed by atoms with Crippen molar-refractivity contribution in [3.63, 3.8) is 0 Å². The van der Waals surface area contributed by atoms with Gasteiger partial charge in [0.25, 0.3) is 0 Å². The normalized spacial score (nSPS) is 23.3. The molecule has 13 heteroatoms. The molecule has 0 radical (unpaired) electrons. The van der Waals surface area contributed by atoms with Crippen molar-refractivity contribution in [3.05, 3.63) is 88.0 Å². The summed E-state index contributed by atoms with van der Waals surface area (Å²) in [5.74, 6) is -4.51. The molecule has 3 aliphatic rings. The van der Waals surface area contributed by atoms with Crippen LogP contribution in [0.1, 0.15) is 63.1 Å². The van der Waals surface area contributed by atoms with Crippen LogP contribution in [0.2, 0.25) is 6.32 Å². The van der Waals surface area contributed by atoms with Gasteiger partial charge in [0, 0.05) is 5.39 Å². The van der Waals surface area contributed by atoms with Gasteiger partial charge in [0.1, 0.15) is 5.75 Å². The molecule has 2 saturated heterocycles. The minimum Gasteiger partial charge on any atom is -0.507 e. The molecule has 2 fully saturated rings. The first-order valence-corrected chi connectivity index (χ1v) is 16.6. The summed E-state index contributed by atoms with van der Waals surface area (Å²) in [4.78, 5) is 28.3. The first kappa shape index (κ1) is 35.7. The highest BCUT2D eigenvalue weighted by Crippen LogP contribution is 2.53. The molecule has 2 heterocycles. The van der Waals surface area contributed by atoms with Crippen LogP contribution >= 0.6 is 0 Å². The molecule has 0 spiro atoms. The molecule has 2 N–H and O–H groups in total. The van der Waals surface area contributed by atoms with Gasteiger partial charge in [-0.15, -0.1) is 0 Å². The SMILES string of the molecule is CC/C(=C\c1ccc(O)c2ccccc12)CC[C@H]1OB(O)C[C@H]2C1=C(C(C)C)C[C@H]1C(=O)N(c3cc(C(F)(F)F)cc(C(F)(F)F)c3)C(=O)[C@H]12. The monoisotopic (exact) mass is 699 g/mol. The van der Waals surface area contributed by atoms with E-state index in [9.17, 15) is 46.1 Å². The van der Waals surface area contributed by atoms with Gasteiger partial charge >= 0.3 is 19.5 Å². The van der Waals surface area contributed by atoms with Crippen molar-refractivity contribution in [2.75, 3.05) is 4.90 Å². The lowest BCUT2D eigenvalue weighted by molar-refractivity contribution is -0.143. The third-order valence-corrected chi connectivity index (χ3v) is 10.2. The molecule has 4 atom stereocenters. The summed E-state index contributed by atoms with van der Waals surface area (Å²) >= 11 is 0. The Kier molecular flexibility index (Phi) is 9.45. The van der Waals surface area contributed by atoms with Gasteiger partial charge in [-0.2, -0.15) is 26.3 Å². The number of rotatable bonds is 7. The number of anilines is 1. The highest BCUT2D eigenvalue weighted by Gasteiger charge is 2.58. The first-order valence-electron chi connectivity index (χ1n) is 16.6. The summed E-state index contributed by atoms with van der Waals surface area (Å²) in [5, 5.41) is 22.8. The Hall–Kier alpha value is -4.10. The van der Waals surface area contributed by atoms with E-state index >= 15 is 0 Å². The second-order valence-corrected chi connectivity index (χ2v) is 13.6. The summed E-state index contributed by atoms with van der Waals surface area (Å²) in [5.41, 5.74) is -0.457. The van der Waals surface area contributed by atoms with Crippen molar-refractivity contribution < 1.29 is 50.7 Å².